The molecule has 1 radical (unpaired) electrons. The van der Waals surface area contributed by atoms with E-state index in [-0.39, 0.29) is 0 Å². The van der Waals surface area contributed by atoms with E-state index in [9.17, 15) is 0 Å². The molecule has 0 amide bonds. The van der Waals surface area contributed by atoms with Crippen LogP contribution in [0.15, 0.2) is 23.1 Å². The number of hydrogen-bond donors (Lipinski definition) is 0. The van der Waals surface area contributed by atoms with Crippen molar-refractivity contribution in [1.82, 2.24) is 0 Å². The van der Waals surface area contributed by atoms with Gasteiger partial charge in [-0.25, -0.2) is 0 Å². The van der Waals surface area contributed by atoms with E-state index in [0.29, 0.717) is 0 Å². The lowest BCUT2D eigenvalue weighted by Gasteiger charge is -1.97. The normalized spacial score (nSPS) is 16.8. The highest BCUT2D eigenvalue weighted by Gasteiger charge is 2.22. The van der Waals surface area contributed by atoms with Gasteiger partial charge in [0, 0.05) is 21.2 Å². The SMILES string of the molecule is Clc1[c]ccc(SC2CC2)c1. The van der Waals surface area contributed by atoms with Crippen LogP contribution in [0, 0.1) is 6.07 Å². The van der Waals surface area contributed by atoms with Crippen molar-refractivity contribution in [3.05, 3.63) is 29.3 Å². The topological polar surface area (TPSA) is 0 Å². The molecular weight excluding hydrogens is 176 g/mol. The summed E-state index contributed by atoms with van der Waals surface area (Å²) >= 11 is 7.70. The fraction of sp³-hybridized carbons (Fsp3) is 0.333. The van der Waals surface area contributed by atoms with Crippen LogP contribution in [0.25, 0.3) is 0 Å². The highest BCUT2D eigenvalue weighted by molar-refractivity contribution is 8.00. The zero-order valence-electron chi connectivity index (χ0n) is 6.01. The monoisotopic (exact) mass is 183 g/mol. The molecule has 2 heteroatoms. The lowest BCUT2D eigenvalue weighted by molar-refractivity contribution is 1.41. The Bertz CT molecular complexity index is 255. The molecule has 0 aliphatic heterocycles. The average molecular weight is 184 g/mol. The van der Waals surface area contributed by atoms with Gasteiger partial charge in [-0.2, -0.15) is 0 Å². The Hall–Kier alpha value is -0.140. The molecule has 0 saturated heterocycles. The first-order valence-corrected chi connectivity index (χ1v) is 4.94. The summed E-state index contributed by atoms with van der Waals surface area (Å²) in [5, 5.41) is 1.57. The number of hydrogen-bond acceptors (Lipinski definition) is 1. The van der Waals surface area contributed by atoms with Crippen molar-refractivity contribution in [3.8, 4) is 0 Å². The molecule has 1 aromatic carbocycles. The van der Waals surface area contributed by atoms with Crippen LogP contribution in [-0.4, -0.2) is 5.25 Å². The van der Waals surface area contributed by atoms with E-state index in [4.69, 9.17) is 11.6 Å². The van der Waals surface area contributed by atoms with Crippen LogP contribution >= 0.6 is 23.4 Å². The second-order valence-corrected chi connectivity index (χ2v) is 4.47. The Morgan fingerprint density at radius 3 is 3.00 bits per heavy atom. The Kier molecular flexibility index (Phi) is 2.10. The molecule has 0 atom stereocenters. The van der Waals surface area contributed by atoms with Gasteiger partial charge in [-0.3, -0.25) is 0 Å². The van der Waals surface area contributed by atoms with Gasteiger partial charge >= 0.3 is 0 Å². The van der Waals surface area contributed by atoms with Gasteiger partial charge in [-0.15, -0.1) is 11.8 Å². The third-order valence-electron chi connectivity index (χ3n) is 1.56. The fourth-order valence-corrected chi connectivity index (χ4v) is 2.20. The van der Waals surface area contributed by atoms with Gasteiger partial charge in [0.2, 0.25) is 0 Å². The second-order valence-electron chi connectivity index (χ2n) is 2.69. The number of thioether (sulfide) groups is 1. The molecule has 0 N–H and O–H groups in total. The van der Waals surface area contributed by atoms with Crippen molar-refractivity contribution in [2.24, 2.45) is 0 Å². The summed E-state index contributed by atoms with van der Waals surface area (Å²) in [5.41, 5.74) is 0. The van der Waals surface area contributed by atoms with Gasteiger partial charge in [0.1, 0.15) is 0 Å². The van der Waals surface area contributed by atoms with Crippen molar-refractivity contribution in [3.63, 3.8) is 0 Å². The van der Waals surface area contributed by atoms with Crippen LogP contribution in [0.2, 0.25) is 5.02 Å². The molecule has 1 aliphatic carbocycles. The molecule has 2 rings (SSSR count). The van der Waals surface area contributed by atoms with Crippen LogP contribution in [0.1, 0.15) is 12.8 Å². The minimum Gasteiger partial charge on any atom is -0.123 e. The van der Waals surface area contributed by atoms with Crippen molar-refractivity contribution < 1.29 is 0 Å². The van der Waals surface area contributed by atoms with Crippen molar-refractivity contribution >= 4 is 23.4 Å². The molecule has 11 heavy (non-hydrogen) atoms. The molecule has 1 aromatic rings. The third-order valence-corrected chi connectivity index (χ3v) is 3.11. The highest BCUT2D eigenvalue weighted by Crippen LogP contribution is 2.39. The lowest BCUT2D eigenvalue weighted by Crippen LogP contribution is -1.74. The summed E-state index contributed by atoms with van der Waals surface area (Å²) in [6, 6.07) is 8.84. The average Bonchev–Trinajstić information content (AvgIpc) is 2.71. The van der Waals surface area contributed by atoms with E-state index in [0.717, 1.165) is 10.3 Å². The Morgan fingerprint density at radius 1 is 1.55 bits per heavy atom. The van der Waals surface area contributed by atoms with Crippen LogP contribution in [0.3, 0.4) is 0 Å². The van der Waals surface area contributed by atoms with E-state index in [1.165, 1.54) is 17.7 Å². The van der Waals surface area contributed by atoms with E-state index in [1.807, 2.05) is 23.9 Å². The van der Waals surface area contributed by atoms with Gasteiger partial charge < -0.3 is 0 Å². The van der Waals surface area contributed by atoms with Gasteiger partial charge in [0.05, 0.1) is 0 Å². The third kappa shape index (κ3) is 2.14. The van der Waals surface area contributed by atoms with E-state index in [1.54, 1.807) is 0 Å². The summed E-state index contributed by atoms with van der Waals surface area (Å²) in [6.07, 6.45) is 2.72. The van der Waals surface area contributed by atoms with Gasteiger partial charge in [0.25, 0.3) is 0 Å². The summed E-state index contributed by atoms with van der Waals surface area (Å²) in [5.74, 6) is 0. The molecule has 0 unspecified atom stereocenters. The predicted molar refractivity (Wildman–Crippen MR) is 49.2 cm³/mol. The highest BCUT2D eigenvalue weighted by atomic mass is 35.5. The zero-order valence-corrected chi connectivity index (χ0v) is 7.58. The molecule has 0 spiro atoms. The number of halogens is 1. The van der Waals surface area contributed by atoms with Crippen molar-refractivity contribution in [1.29, 1.82) is 0 Å². The molecule has 0 bridgehead atoms. The largest absolute Gasteiger partial charge is 0.123 e. The van der Waals surface area contributed by atoms with E-state index in [2.05, 4.69) is 12.1 Å². The summed E-state index contributed by atoms with van der Waals surface area (Å²) in [6.45, 7) is 0. The van der Waals surface area contributed by atoms with E-state index < -0.39 is 0 Å². The molecule has 1 fully saturated rings. The maximum absolute atomic E-state index is 5.78. The molecule has 1 saturated carbocycles. The van der Waals surface area contributed by atoms with Crippen molar-refractivity contribution in [2.45, 2.75) is 23.0 Å². The molecule has 0 aromatic heterocycles. The summed E-state index contributed by atoms with van der Waals surface area (Å²) in [4.78, 5) is 1.27. The molecular formula is C9H8ClS. The Morgan fingerprint density at radius 2 is 2.36 bits per heavy atom. The fourth-order valence-electron chi connectivity index (χ4n) is 0.870. The maximum atomic E-state index is 5.78. The molecule has 0 nitrogen and oxygen atoms in total. The van der Waals surface area contributed by atoms with Crippen LogP contribution in [0.5, 0.6) is 0 Å². The minimum atomic E-state index is 0.718. The zero-order chi connectivity index (χ0) is 7.68. The van der Waals surface area contributed by atoms with Gasteiger partial charge in [0.15, 0.2) is 0 Å². The Labute approximate surface area is 75.9 Å². The first-order valence-electron chi connectivity index (χ1n) is 3.68. The van der Waals surface area contributed by atoms with Crippen molar-refractivity contribution in [2.75, 3.05) is 0 Å². The van der Waals surface area contributed by atoms with E-state index >= 15 is 0 Å². The molecule has 1 aliphatic rings. The predicted octanol–water partition coefficient (Wildman–Crippen LogP) is 3.39. The number of rotatable bonds is 2. The summed E-state index contributed by atoms with van der Waals surface area (Å²) < 4.78 is 0. The first kappa shape index (κ1) is 7.51. The smallest absolute Gasteiger partial charge is 0.0496 e. The van der Waals surface area contributed by atoms with Crippen LogP contribution in [-0.2, 0) is 0 Å². The number of benzene rings is 1. The molecule has 0 heterocycles. The quantitative estimate of drug-likeness (QED) is 0.678. The standard InChI is InChI=1S/C9H8ClS/c10-7-2-1-3-9(6-7)11-8-4-5-8/h1,3,6,8H,4-5H2. The van der Waals surface area contributed by atoms with Crippen LogP contribution < -0.4 is 0 Å². The van der Waals surface area contributed by atoms with Crippen LogP contribution in [0.4, 0.5) is 0 Å². The minimum absolute atomic E-state index is 0.718. The lowest BCUT2D eigenvalue weighted by atomic mass is 10.4. The first-order chi connectivity index (χ1) is 5.34. The van der Waals surface area contributed by atoms with Gasteiger partial charge in [-0.05, 0) is 25.0 Å². The second kappa shape index (κ2) is 3.08. The summed E-state index contributed by atoms with van der Waals surface area (Å²) in [7, 11) is 0. The Balaban J connectivity index is 2.10. The van der Waals surface area contributed by atoms with Gasteiger partial charge in [-0.1, -0.05) is 17.7 Å². The molecule has 57 valence electrons. The maximum Gasteiger partial charge on any atom is 0.0496 e.